The van der Waals surface area contributed by atoms with Crippen LogP contribution < -0.4 is 5.73 Å². The molecule has 1 aromatic carbocycles. The van der Waals surface area contributed by atoms with Gasteiger partial charge in [-0.05, 0) is 91.0 Å². The van der Waals surface area contributed by atoms with Crippen LogP contribution in [-0.4, -0.2) is 50.7 Å². The van der Waals surface area contributed by atoms with Crippen molar-refractivity contribution < 1.29 is 22.3 Å². The molecule has 6 rings (SSSR count). The van der Waals surface area contributed by atoms with E-state index in [2.05, 4.69) is 15.1 Å². The van der Waals surface area contributed by atoms with Gasteiger partial charge in [0, 0.05) is 31.1 Å². The summed E-state index contributed by atoms with van der Waals surface area (Å²) in [6.07, 6.45) is 9.73. The first-order valence-electron chi connectivity index (χ1n) is 13.9. The number of pyridine rings is 1. The van der Waals surface area contributed by atoms with Gasteiger partial charge >= 0.3 is 0 Å². The van der Waals surface area contributed by atoms with Crippen LogP contribution in [0, 0.1) is 17.6 Å². The van der Waals surface area contributed by atoms with Gasteiger partial charge in [0.15, 0.2) is 9.84 Å². The molecule has 8 nitrogen and oxygen atoms in total. The molecule has 0 aliphatic heterocycles. The van der Waals surface area contributed by atoms with E-state index < -0.39 is 38.4 Å². The molecule has 4 atom stereocenters. The fourth-order valence-electron chi connectivity index (χ4n) is 6.79. The lowest BCUT2D eigenvalue weighted by Crippen LogP contribution is -2.48. The molecule has 0 radical (unpaired) electrons. The van der Waals surface area contributed by atoms with Crippen molar-refractivity contribution in [2.24, 2.45) is 11.7 Å². The van der Waals surface area contributed by atoms with Gasteiger partial charge in [0.25, 0.3) is 0 Å². The van der Waals surface area contributed by atoms with Crippen molar-refractivity contribution >= 4 is 15.4 Å². The second-order valence-electron chi connectivity index (χ2n) is 11.8. The maximum atomic E-state index is 15.2. The van der Waals surface area contributed by atoms with Crippen LogP contribution in [0.1, 0.15) is 67.5 Å². The van der Waals surface area contributed by atoms with E-state index in [0.29, 0.717) is 43.4 Å². The number of sulfone groups is 1. The van der Waals surface area contributed by atoms with Gasteiger partial charge < -0.3 is 10.8 Å². The first kappa shape index (κ1) is 27.9. The van der Waals surface area contributed by atoms with Gasteiger partial charge in [-0.1, -0.05) is 6.92 Å². The minimum Gasteiger partial charge on any atom is -0.385 e. The molecule has 0 spiro atoms. The Bertz CT molecular complexity index is 1700. The van der Waals surface area contributed by atoms with Gasteiger partial charge in [-0.2, -0.15) is 5.10 Å². The van der Waals surface area contributed by atoms with Crippen molar-refractivity contribution in [3.8, 4) is 11.3 Å². The summed E-state index contributed by atoms with van der Waals surface area (Å²) in [5, 5.41) is 14.6. The number of aromatic nitrogens is 4. The highest BCUT2D eigenvalue weighted by molar-refractivity contribution is 7.91. The number of imidazole rings is 1. The normalized spacial score (nSPS) is 24.3. The predicted octanol–water partition coefficient (Wildman–Crippen LogP) is 4.29. The highest BCUT2D eigenvalue weighted by Gasteiger charge is 2.40. The lowest BCUT2D eigenvalue weighted by molar-refractivity contribution is -0.0392. The molecule has 3 heterocycles. The Kier molecular flexibility index (Phi) is 6.94. The second kappa shape index (κ2) is 10.2. The van der Waals surface area contributed by atoms with Gasteiger partial charge in [0.05, 0.1) is 33.8 Å². The van der Waals surface area contributed by atoms with E-state index in [1.807, 2.05) is 13.0 Å². The smallest absolute Gasteiger partial charge is 0.152 e. The summed E-state index contributed by atoms with van der Waals surface area (Å²) in [7, 11) is -3.27. The molecule has 11 heteroatoms. The first-order chi connectivity index (χ1) is 19.4. The van der Waals surface area contributed by atoms with Crippen molar-refractivity contribution in [2.45, 2.75) is 68.3 Å². The monoisotopic (exact) mass is 581 g/mol. The standard InChI is InChI=1S/C30H33F2N5O3S/c1-17-10-18(11-25(33)29(17)41(2,39)40)22-6-9-34-15-19(22)12-27-35-16-21-4-5-26(36-37(21)27)28-23(31)13-20(14-24(28)32)30(38)7-3-8-30/h4-6,9,13-18,25,29,38H,3,7-8,10-12,33H2,1-2H3/t17-,18+,25+,29-/m0/s1. The number of nitrogens with zero attached hydrogens (tertiary/aromatic N) is 4. The van der Waals surface area contributed by atoms with Gasteiger partial charge in [0.1, 0.15) is 17.5 Å². The van der Waals surface area contributed by atoms with E-state index in [4.69, 9.17) is 5.73 Å². The van der Waals surface area contributed by atoms with Crippen molar-refractivity contribution in [2.75, 3.05) is 6.26 Å². The number of fused-ring (bicyclic) bond motifs is 1. The summed E-state index contributed by atoms with van der Waals surface area (Å²) >= 11 is 0. The number of rotatable bonds is 6. The second-order valence-corrected chi connectivity index (χ2v) is 14.0. The number of hydrogen-bond donors (Lipinski definition) is 2. The molecule has 0 saturated heterocycles. The summed E-state index contributed by atoms with van der Waals surface area (Å²) in [5.74, 6) is -1.04. The first-order valence-corrected chi connectivity index (χ1v) is 15.8. The van der Waals surface area contributed by atoms with E-state index in [1.54, 1.807) is 35.2 Å². The number of halogens is 2. The molecule has 0 bridgehead atoms. The average Bonchev–Trinajstić information content (AvgIpc) is 3.28. The summed E-state index contributed by atoms with van der Waals surface area (Å²) in [6, 6.07) is 7.13. The number of nitrogens with two attached hydrogens (primary N) is 1. The van der Waals surface area contributed by atoms with Gasteiger partial charge in [-0.3, -0.25) is 4.98 Å². The molecular formula is C30H33F2N5O3S. The van der Waals surface area contributed by atoms with Crippen LogP contribution in [-0.2, 0) is 21.9 Å². The van der Waals surface area contributed by atoms with E-state index in [1.165, 1.54) is 18.4 Å². The molecule has 0 unspecified atom stereocenters. The lowest BCUT2D eigenvalue weighted by Gasteiger charge is -2.38. The van der Waals surface area contributed by atoms with Crippen LogP contribution in [0.2, 0.25) is 0 Å². The van der Waals surface area contributed by atoms with Gasteiger partial charge in [-0.15, -0.1) is 0 Å². The van der Waals surface area contributed by atoms with Crippen molar-refractivity contribution in [3.05, 3.63) is 83.1 Å². The van der Waals surface area contributed by atoms with Crippen molar-refractivity contribution in [3.63, 3.8) is 0 Å². The van der Waals surface area contributed by atoms with Crippen LogP contribution >= 0.6 is 0 Å². The lowest BCUT2D eigenvalue weighted by atomic mass is 9.75. The average molecular weight is 582 g/mol. The van der Waals surface area contributed by atoms with E-state index in [-0.39, 0.29) is 28.7 Å². The Morgan fingerprint density at radius 2 is 1.85 bits per heavy atom. The van der Waals surface area contributed by atoms with Gasteiger partial charge in [-0.25, -0.2) is 26.7 Å². The minimum absolute atomic E-state index is 0.0536. The largest absolute Gasteiger partial charge is 0.385 e. The van der Waals surface area contributed by atoms with Crippen LogP contribution in [0.15, 0.2) is 48.9 Å². The third-order valence-electron chi connectivity index (χ3n) is 8.89. The van der Waals surface area contributed by atoms with Crippen LogP contribution in [0.3, 0.4) is 0 Å². The van der Waals surface area contributed by atoms with E-state index in [0.717, 1.165) is 17.5 Å². The van der Waals surface area contributed by atoms with Gasteiger partial charge in [0.2, 0.25) is 0 Å². The zero-order valence-electron chi connectivity index (χ0n) is 23.0. The molecule has 3 N–H and O–H groups in total. The maximum Gasteiger partial charge on any atom is 0.152 e. The zero-order valence-corrected chi connectivity index (χ0v) is 23.8. The highest BCUT2D eigenvalue weighted by Crippen LogP contribution is 2.43. The Balaban J connectivity index is 1.32. The number of hydrogen-bond acceptors (Lipinski definition) is 7. The van der Waals surface area contributed by atoms with Crippen molar-refractivity contribution in [1.82, 2.24) is 19.6 Å². The fraction of sp³-hybridized carbons (Fsp3) is 0.433. The third-order valence-corrected chi connectivity index (χ3v) is 10.7. The molecule has 3 aromatic heterocycles. The molecule has 4 aromatic rings. The Hall–Kier alpha value is -3.28. The number of aliphatic hydroxyl groups is 1. The van der Waals surface area contributed by atoms with Crippen LogP contribution in [0.5, 0.6) is 0 Å². The molecule has 0 amide bonds. The molecule has 2 saturated carbocycles. The topological polar surface area (TPSA) is 123 Å². The summed E-state index contributed by atoms with van der Waals surface area (Å²) in [5.41, 5.74) is 7.92. The maximum absolute atomic E-state index is 15.2. The molecule has 2 aliphatic carbocycles. The van der Waals surface area contributed by atoms with Crippen LogP contribution in [0.4, 0.5) is 8.78 Å². The minimum atomic E-state index is -3.27. The summed E-state index contributed by atoms with van der Waals surface area (Å²) in [4.78, 5) is 8.86. The predicted molar refractivity (Wildman–Crippen MR) is 151 cm³/mol. The molecule has 2 aliphatic rings. The zero-order chi connectivity index (χ0) is 29.1. The van der Waals surface area contributed by atoms with E-state index in [9.17, 15) is 13.5 Å². The Morgan fingerprint density at radius 3 is 2.49 bits per heavy atom. The fourth-order valence-corrected chi connectivity index (χ4v) is 8.49. The van der Waals surface area contributed by atoms with Crippen molar-refractivity contribution in [1.29, 1.82) is 0 Å². The summed E-state index contributed by atoms with van der Waals surface area (Å²) in [6.45, 7) is 1.93. The summed E-state index contributed by atoms with van der Waals surface area (Å²) < 4.78 is 56.7. The van der Waals surface area contributed by atoms with E-state index >= 15 is 8.78 Å². The highest BCUT2D eigenvalue weighted by atomic mass is 32.2. The Morgan fingerprint density at radius 1 is 1.12 bits per heavy atom. The third kappa shape index (κ3) is 5.04. The molecule has 2 fully saturated rings. The Labute approximate surface area is 237 Å². The van der Waals surface area contributed by atoms with Crippen LogP contribution in [0.25, 0.3) is 16.8 Å². The SMILES string of the molecule is C[C@H]1C[C@@H](c2ccncc2Cc2ncc3ccc(-c4c(F)cc(C5(O)CCC5)cc4F)nn23)C[C@@H](N)[C@H]1S(C)(=O)=O. The quantitative estimate of drug-likeness (QED) is 0.348. The molecular weight excluding hydrogens is 548 g/mol. The number of benzene rings is 1. The molecule has 41 heavy (non-hydrogen) atoms. The molecule has 216 valence electrons.